The van der Waals surface area contributed by atoms with Crippen LogP contribution in [0.15, 0.2) is 47.3 Å². The molecule has 0 N–H and O–H groups in total. The van der Waals surface area contributed by atoms with Crippen molar-refractivity contribution in [1.82, 2.24) is 0 Å². The molecule has 1 heterocycles. The Hall–Kier alpha value is -2.03. The van der Waals surface area contributed by atoms with E-state index >= 15 is 0 Å². The van der Waals surface area contributed by atoms with E-state index < -0.39 is 5.97 Å². The van der Waals surface area contributed by atoms with Crippen LogP contribution in [0.2, 0.25) is 0 Å². The predicted molar refractivity (Wildman–Crippen MR) is 54.8 cm³/mol. The fourth-order valence-corrected chi connectivity index (χ4v) is 1.23. The van der Waals surface area contributed by atoms with Crippen molar-refractivity contribution in [2.75, 3.05) is 0 Å². The highest BCUT2D eigenvalue weighted by Crippen LogP contribution is 2.14. The fourth-order valence-electron chi connectivity index (χ4n) is 1.23. The van der Waals surface area contributed by atoms with Crippen molar-refractivity contribution in [3.63, 3.8) is 0 Å². The van der Waals surface area contributed by atoms with Gasteiger partial charge >= 0.3 is 5.97 Å². The largest absolute Gasteiger partial charge is 0.472 e. The van der Waals surface area contributed by atoms with Gasteiger partial charge < -0.3 is 9.15 Å². The summed E-state index contributed by atoms with van der Waals surface area (Å²) in [4.78, 5) is 11.5. The van der Waals surface area contributed by atoms with E-state index in [1.165, 1.54) is 12.5 Å². The number of carbonyl (C=O) groups excluding carboxylic acids is 1. The molecule has 0 saturated carbocycles. The molecule has 2 rings (SSSR count). The van der Waals surface area contributed by atoms with Gasteiger partial charge in [-0.15, -0.1) is 0 Å². The number of esters is 1. The lowest BCUT2D eigenvalue weighted by Gasteiger charge is -2.02. The summed E-state index contributed by atoms with van der Waals surface area (Å²) in [5, 5.41) is 0. The Bertz CT molecular complexity index is 457. The minimum atomic E-state index is -0.408. The highest BCUT2D eigenvalue weighted by molar-refractivity contribution is 5.90. The van der Waals surface area contributed by atoms with Gasteiger partial charge in [0.1, 0.15) is 12.0 Å². The number of benzene rings is 1. The van der Waals surface area contributed by atoms with Gasteiger partial charge in [-0.05, 0) is 30.7 Å². The number of rotatable bonds is 2. The quantitative estimate of drug-likeness (QED) is 0.555. The van der Waals surface area contributed by atoms with Gasteiger partial charge in [-0.3, -0.25) is 0 Å². The lowest BCUT2D eigenvalue weighted by molar-refractivity contribution is 0.0734. The lowest BCUT2D eigenvalue weighted by atomic mass is 10.2. The molecule has 0 aliphatic rings. The van der Waals surface area contributed by atoms with E-state index in [9.17, 15) is 4.79 Å². The number of aryl methyl sites for hydroxylation is 1. The molecule has 0 bridgehead atoms. The molecule has 2 aromatic rings. The molecule has 0 radical (unpaired) electrons. The average molecular weight is 202 g/mol. The summed E-state index contributed by atoms with van der Waals surface area (Å²) in [5.74, 6) is 0.135. The maximum Gasteiger partial charge on any atom is 0.346 e. The first-order chi connectivity index (χ1) is 7.25. The van der Waals surface area contributed by atoms with E-state index in [1.54, 1.807) is 18.2 Å². The van der Waals surface area contributed by atoms with Gasteiger partial charge in [-0.25, -0.2) is 4.79 Å². The molecule has 0 aliphatic heterocycles. The second kappa shape index (κ2) is 4.00. The minimum Gasteiger partial charge on any atom is -0.472 e. The molecule has 3 nitrogen and oxygen atoms in total. The molecule has 3 heteroatoms. The Morgan fingerprint density at radius 3 is 2.87 bits per heavy atom. The van der Waals surface area contributed by atoms with E-state index in [0.29, 0.717) is 11.3 Å². The number of hydrogen-bond donors (Lipinski definition) is 0. The van der Waals surface area contributed by atoms with Crippen LogP contribution in [0, 0.1) is 6.92 Å². The summed E-state index contributed by atoms with van der Waals surface area (Å²) in [6.07, 6.45) is 2.80. The zero-order chi connectivity index (χ0) is 10.7. The monoisotopic (exact) mass is 202 g/mol. The van der Waals surface area contributed by atoms with Crippen molar-refractivity contribution in [1.29, 1.82) is 0 Å². The maximum absolute atomic E-state index is 11.5. The maximum atomic E-state index is 11.5. The summed E-state index contributed by atoms with van der Waals surface area (Å²) in [6.45, 7) is 1.94. The molecule has 0 fully saturated rings. The molecular formula is C12H10O3. The third-order valence-corrected chi connectivity index (χ3v) is 1.96. The highest BCUT2D eigenvalue weighted by atomic mass is 16.5. The van der Waals surface area contributed by atoms with E-state index in [2.05, 4.69) is 0 Å². The number of hydrogen-bond acceptors (Lipinski definition) is 3. The topological polar surface area (TPSA) is 39.4 Å². The molecule has 76 valence electrons. The average Bonchev–Trinajstić information content (AvgIpc) is 2.70. The number of ether oxygens (including phenoxy) is 1. The van der Waals surface area contributed by atoms with E-state index in [1.807, 2.05) is 19.1 Å². The Labute approximate surface area is 87.3 Å². The smallest absolute Gasteiger partial charge is 0.346 e. The minimum absolute atomic E-state index is 0.408. The summed E-state index contributed by atoms with van der Waals surface area (Å²) >= 11 is 0. The van der Waals surface area contributed by atoms with E-state index in [0.717, 1.165) is 5.56 Å². The molecule has 1 aromatic carbocycles. The van der Waals surface area contributed by atoms with Crippen LogP contribution in [-0.2, 0) is 0 Å². The van der Waals surface area contributed by atoms with Crippen LogP contribution in [0.5, 0.6) is 5.75 Å². The lowest BCUT2D eigenvalue weighted by Crippen LogP contribution is -2.06. The van der Waals surface area contributed by atoms with Crippen molar-refractivity contribution >= 4 is 5.97 Å². The zero-order valence-corrected chi connectivity index (χ0v) is 8.27. The van der Waals surface area contributed by atoms with Gasteiger partial charge in [0, 0.05) is 0 Å². The Morgan fingerprint density at radius 2 is 2.20 bits per heavy atom. The van der Waals surface area contributed by atoms with Crippen molar-refractivity contribution in [2.24, 2.45) is 0 Å². The van der Waals surface area contributed by atoms with Crippen LogP contribution in [0.3, 0.4) is 0 Å². The van der Waals surface area contributed by atoms with E-state index in [4.69, 9.17) is 9.15 Å². The molecule has 15 heavy (non-hydrogen) atoms. The van der Waals surface area contributed by atoms with Crippen molar-refractivity contribution in [3.05, 3.63) is 54.0 Å². The highest BCUT2D eigenvalue weighted by Gasteiger charge is 2.09. The van der Waals surface area contributed by atoms with Crippen LogP contribution >= 0.6 is 0 Å². The van der Waals surface area contributed by atoms with Gasteiger partial charge in [0.25, 0.3) is 0 Å². The molecule has 0 unspecified atom stereocenters. The molecule has 0 amide bonds. The van der Waals surface area contributed by atoms with Crippen LogP contribution in [-0.4, -0.2) is 5.97 Å². The summed E-state index contributed by atoms with van der Waals surface area (Å²) < 4.78 is 9.94. The van der Waals surface area contributed by atoms with Crippen LogP contribution in [0.4, 0.5) is 0 Å². The first-order valence-corrected chi connectivity index (χ1v) is 4.57. The number of carbonyl (C=O) groups is 1. The Kier molecular flexibility index (Phi) is 2.54. The summed E-state index contributed by atoms with van der Waals surface area (Å²) in [7, 11) is 0. The normalized spacial score (nSPS) is 9.93. The van der Waals surface area contributed by atoms with Crippen LogP contribution in [0.1, 0.15) is 15.9 Å². The Morgan fingerprint density at radius 1 is 1.33 bits per heavy atom. The third kappa shape index (κ3) is 2.26. The molecule has 0 atom stereocenters. The molecule has 0 spiro atoms. The number of furan rings is 1. The van der Waals surface area contributed by atoms with Crippen LogP contribution in [0.25, 0.3) is 0 Å². The zero-order valence-electron chi connectivity index (χ0n) is 8.27. The van der Waals surface area contributed by atoms with E-state index in [-0.39, 0.29) is 0 Å². The first-order valence-electron chi connectivity index (χ1n) is 4.57. The van der Waals surface area contributed by atoms with Gasteiger partial charge in [-0.1, -0.05) is 12.1 Å². The molecule has 0 aliphatic carbocycles. The van der Waals surface area contributed by atoms with Gasteiger partial charge in [-0.2, -0.15) is 0 Å². The SMILES string of the molecule is Cc1cccc(OC(=O)c2ccoc2)c1. The van der Waals surface area contributed by atoms with Gasteiger partial charge in [0.05, 0.1) is 11.8 Å². The molecule has 1 aromatic heterocycles. The first kappa shape index (κ1) is 9.52. The van der Waals surface area contributed by atoms with Crippen LogP contribution < -0.4 is 4.74 Å². The summed E-state index contributed by atoms with van der Waals surface area (Å²) in [6, 6.07) is 8.89. The Balaban J connectivity index is 2.13. The van der Waals surface area contributed by atoms with Gasteiger partial charge in [0.15, 0.2) is 0 Å². The second-order valence-electron chi connectivity index (χ2n) is 3.22. The van der Waals surface area contributed by atoms with Crippen molar-refractivity contribution in [3.8, 4) is 5.75 Å². The van der Waals surface area contributed by atoms with Gasteiger partial charge in [0.2, 0.25) is 0 Å². The summed E-state index contributed by atoms with van der Waals surface area (Å²) in [5.41, 5.74) is 1.46. The predicted octanol–water partition coefficient (Wildman–Crippen LogP) is 2.81. The van der Waals surface area contributed by atoms with Crippen molar-refractivity contribution in [2.45, 2.75) is 6.92 Å². The molecular weight excluding hydrogens is 192 g/mol. The standard InChI is InChI=1S/C12H10O3/c1-9-3-2-4-11(7-9)15-12(13)10-5-6-14-8-10/h2-8H,1H3. The third-order valence-electron chi connectivity index (χ3n) is 1.96. The fraction of sp³-hybridized carbons (Fsp3) is 0.0833. The molecule has 0 saturated heterocycles. The second-order valence-corrected chi connectivity index (χ2v) is 3.22. The van der Waals surface area contributed by atoms with Crippen molar-refractivity contribution < 1.29 is 13.9 Å².